The molecule has 0 fully saturated rings. The van der Waals surface area contributed by atoms with E-state index in [4.69, 9.17) is 0 Å². The van der Waals surface area contributed by atoms with E-state index in [0.717, 1.165) is 29.9 Å². The van der Waals surface area contributed by atoms with Gasteiger partial charge < -0.3 is 9.47 Å². The monoisotopic (exact) mass is 654 g/mol. The lowest BCUT2D eigenvalue weighted by atomic mass is 9.73. The number of aromatic nitrogens is 1. The molecule has 0 saturated carbocycles. The largest absolute Gasteiger partial charge is 0.310 e. The first-order chi connectivity index (χ1) is 25.1. The zero-order valence-corrected chi connectivity index (χ0v) is 29.0. The molecule has 2 heteroatoms. The maximum atomic E-state index is 2.53. The minimum Gasteiger partial charge on any atom is -0.310 e. The van der Waals surface area contributed by atoms with Crippen molar-refractivity contribution in [1.82, 2.24) is 4.57 Å². The van der Waals surface area contributed by atoms with Crippen LogP contribution in [0.4, 0.5) is 17.1 Å². The van der Waals surface area contributed by atoms with Crippen molar-refractivity contribution in [3.05, 3.63) is 186 Å². The SMILES string of the molecule is CC1(C)c2ccccc2-n2c3ccc(N(c4ccccc4)c4ccccc4)cc3c3cc(-c4c(-c5ccccc5)ccc5c4CCC=C5)cc1c32. The third-order valence-corrected chi connectivity index (χ3v) is 11.2. The molecule has 2 aliphatic rings. The minimum atomic E-state index is -0.195. The fraction of sp³-hybridized carbons (Fsp3) is 0.102. The number of hydrogen-bond donors (Lipinski definition) is 0. The summed E-state index contributed by atoms with van der Waals surface area (Å²) in [6.45, 7) is 4.82. The van der Waals surface area contributed by atoms with Gasteiger partial charge in [0.2, 0.25) is 0 Å². The molecule has 0 saturated heterocycles. The smallest absolute Gasteiger partial charge is 0.0582 e. The van der Waals surface area contributed by atoms with Gasteiger partial charge in [-0.3, -0.25) is 0 Å². The Balaban J connectivity index is 1.32. The third kappa shape index (κ3) is 4.56. The topological polar surface area (TPSA) is 8.17 Å². The predicted molar refractivity (Wildman–Crippen MR) is 216 cm³/mol. The first-order valence-corrected chi connectivity index (χ1v) is 18.1. The van der Waals surface area contributed by atoms with Gasteiger partial charge in [-0.15, -0.1) is 0 Å². The van der Waals surface area contributed by atoms with Crippen LogP contribution in [0.15, 0.2) is 164 Å². The molecule has 51 heavy (non-hydrogen) atoms. The standard InChI is InChI=1S/C49H38N2/c1-49(2)43-24-14-15-25-46(43)51-45-29-27-38(50(36-19-8-4-9-20-36)37-21-10-5-11-22-37)32-41(45)42-30-35(31-44(49)48(42)51)47-39-23-13-12-18-34(39)26-28-40(47)33-16-6-3-7-17-33/h3-12,14-22,24-32H,13,23H2,1-2H3. The summed E-state index contributed by atoms with van der Waals surface area (Å²) in [6.07, 6.45) is 6.74. The lowest BCUT2D eigenvalue weighted by Crippen LogP contribution is -2.26. The third-order valence-electron chi connectivity index (χ3n) is 11.2. The van der Waals surface area contributed by atoms with Crippen LogP contribution in [-0.2, 0) is 11.8 Å². The lowest BCUT2D eigenvalue weighted by Gasteiger charge is -2.35. The van der Waals surface area contributed by atoms with Crippen molar-refractivity contribution in [3.8, 4) is 27.9 Å². The van der Waals surface area contributed by atoms with Crippen LogP contribution in [0.2, 0.25) is 0 Å². The molecule has 1 aromatic heterocycles. The van der Waals surface area contributed by atoms with Crippen molar-refractivity contribution >= 4 is 44.9 Å². The fourth-order valence-corrected chi connectivity index (χ4v) is 8.80. The van der Waals surface area contributed by atoms with Gasteiger partial charge in [0.05, 0.1) is 16.7 Å². The van der Waals surface area contributed by atoms with Crippen LogP contribution in [0.25, 0.3) is 55.8 Å². The average molecular weight is 655 g/mol. The first-order valence-electron chi connectivity index (χ1n) is 18.1. The van der Waals surface area contributed by atoms with Gasteiger partial charge in [0, 0.05) is 33.2 Å². The van der Waals surface area contributed by atoms with E-state index in [1.165, 1.54) is 72.0 Å². The van der Waals surface area contributed by atoms with Crippen LogP contribution < -0.4 is 4.90 Å². The van der Waals surface area contributed by atoms with Crippen molar-refractivity contribution in [3.63, 3.8) is 0 Å². The summed E-state index contributed by atoms with van der Waals surface area (Å²) in [4.78, 5) is 2.37. The maximum absolute atomic E-state index is 2.53. The van der Waals surface area contributed by atoms with E-state index >= 15 is 0 Å². The minimum absolute atomic E-state index is 0.195. The summed E-state index contributed by atoms with van der Waals surface area (Å²) in [6, 6.07) is 58.1. The van der Waals surface area contributed by atoms with Crippen molar-refractivity contribution in [2.75, 3.05) is 4.90 Å². The summed E-state index contributed by atoms with van der Waals surface area (Å²) in [5.41, 5.74) is 17.8. The molecule has 2 heterocycles. The summed E-state index contributed by atoms with van der Waals surface area (Å²) >= 11 is 0. The highest BCUT2D eigenvalue weighted by Crippen LogP contribution is 2.51. The van der Waals surface area contributed by atoms with Gasteiger partial charge in [-0.2, -0.15) is 0 Å². The molecule has 0 radical (unpaired) electrons. The van der Waals surface area contributed by atoms with E-state index in [1.54, 1.807) is 0 Å². The van der Waals surface area contributed by atoms with Crippen LogP contribution in [0.5, 0.6) is 0 Å². The Bertz CT molecular complexity index is 2600. The number of fused-ring (bicyclic) bond motifs is 6. The van der Waals surface area contributed by atoms with Crippen LogP contribution in [0.3, 0.4) is 0 Å². The van der Waals surface area contributed by atoms with E-state index in [2.05, 4.69) is 193 Å². The number of benzene rings is 7. The zero-order valence-electron chi connectivity index (χ0n) is 29.0. The van der Waals surface area contributed by atoms with E-state index in [1.807, 2.05) is 0 Å². The summed E-state index contributed by atoms with van der Waals surface area (Å²) in [5, 5.41) is 2.56. The number of allylic oxidation sites excluding steroid dienone is 1. The Labute approximate surface area is 299 Å². The second kappa shape index (κ2) is 11.5. The van der Waals surface area contributed by atoms with Crippen LogP contribution in [0, 0.1) is 0 Å². The number of hydrogen-bond acceptors (Lipinski definition) is 1. The molecule has 0 bridgehead atoms. The zero-order chi connectivity index (χ0) is 34.1. The Hall–Kier alpha value is -6.12. The molecule has 2 nitrogen and oxygen atoms in total. The van der Waals surface area contributed by atoms with Crippen molar-refractivity contribution in [1.29, 1.82) is 0 Å². The quantitative estimate of drug-likeness (QED) is 0.179. The van der Waals surface area contributed by atoms with E-state index < -0.39 is 0 Å². The second-order valence-electron chi connectivity index (χ2n) is 14.5. The molecule has 0 atom stereocenters. The molecule has 7 aromatic carbocycles. The fourth-order valence-electron chi connectivity index (χ4n) is 8.80. The molecule has 0 spiro atoms. The van der Waals surface area contributed by atoms with E-state index in [-0.39, 0.29) is 5.41 Å². The highest BCUT2D eigenvalue weighted by atomic mass is 15.1. The Morgan fingerprint density at radius 3 is 2.00 bits per heavy atom. The molecular weight excluding hydrogens is 617 g/mol. The molecule has 1 aliphatic heterocycles. The maximum Gasteiger partial charge on any atom is 0.0582 e. The normalized spacial score (nSPS) is 14.0. The van der Waals surface area contributed by atoms with Crippen LogP contribution in [0.1, 0.15) is 42.5 Å². The number of para-hydroxylation sites is 3. The van der Waals surface area contributed by atoms with Crippen LogP contribution >= 0.6 is 0 Å². The number of rotatable bonds is 5. The van der Waals surface area contributed by atoms with Gasteiger partial charge in [-0.25, -0.2) is 0 Å². The lowest BCUT2D eigenvalue weighted by molar-refractivity contribution is 0.630. The number of anilines is 3. The van der Waals surface area contributed by atoms with Crippen molar-refractivity contribution in [2.24, 2.45) is 0 Å². The van der Waals surface area contributed by atoms with Gasteiger partial charge in [-0.05, 0) is 118 Å². The van der Waals surface area contributed by atoms with Gasteiger partial charge in [0.1, 0.15) is 0 Å². The van der Waals surface area contributed by atoms with Gasteiger partial charge >= 0.3 is 0 Å². The van der Waals surface area contributed by atoms with Gasteiger partial charge in [0.15, 0.2) is 0 Å². The van der Waals surface area contributed by atoms with Gasteiger partial charge in [-0.1, -0.05) is 123 Å². The Kier molecular flexibility index (Phi) is 6.69. The molecule has 8 aromatic rings. The molecular formula is C49H38N2. The molecule has 1 aliphatic carbocycles. The molecule has 0 unspecified atom stereocenters. The summed E-state index contributed by atoms with van der Waals surface area (Å²) in [5.74, 6) is 0. The second-order valence-corrected chi connectivity index (χ2v) is 14.5. The van der Waals surface area contributed by atoms with Gasteiger partial charge in [0.25, 0.3) is 0 Å². The molecule has 0 N–H and O–H groups in total. The number of nitrogens with zero attached hydrogens (tertiary/aromatic N) is 2. The van der Waals surface area contributed by atoms with E-state index in [0.29, 0.717) is 0 Å². The Morgan fingerprint density at radius 2 is 1.25 bits per heavy atom. The Morgan fingerprint density at radius 1 is 0.569 bits per heavy atom. The summed E-state index contributed by atoms with van der Waals surface area (Å²) < 4.78 is 2.53. The average Bonchev–Trinajstić information content (AvgIpc) is 3.51. The van der Waals surface area contributed by atoms with Crippen molar-refractivity contribution < 1.29 is 0 Å². The highest BCUT2D eigenvalue weighted by molar-refractivity contribution is 6.14. The molecule has 244 valence electrons. The molecule has 0 amide bonds. The predicted octanol–water partition coefficient (Wildman–Crippen LogP) is 13.2. The first kappa shape index (κ1) is 29.8. The highest BCUT2D eigenvalue weighted by Gasteiger charge is 2.36. The van der Waals surface area contributed by atoms with Crippen LogP contribution in [-0.4, -0.2) is 4.57 Å². The summed E-state index contributed by atoms with van der Waals surface area (Å²) in [7, 11) is 0. The van der Waals surface area contributed by atoms with Crippen molar-refractivity contribution in [2.45, 2.75) is 32.1 Å². The van der Waals surface area contributed by atoms with E-state index in [9.17, 15) is 0 Å². The molecule has 10 rings (SSSR count).